The molecular weight excluding hydrogens is 224 g/mol. The van der Waals surface area contributed by atoms with Crippen molar-refractivity contribution in [2.75, 3.05) is 20.3 Å². The van der Waals surface area contributed by atoms with E-state index in [-0.39, 0.29) is 6.61 Å². The van der Waals surface area contributed by atoms with Crippen LogP contribution in [0.5, 0.6) is 0 Å². The standard InChI is InChI=1S/C16H28O2/c1-14(7-5-9-15(2)11-12-17)8-6-10-16(3)13-18-4/h7,10-11,17H,5-6,8-9,12-13H2,1-4H3/b14-7+,15-11+,16-10+. The highest BCUT2D eigenvalue weighted by Crippen LogP contribution is 2.11. The molecule has 0 unspecified atom stereocenters. The lowest BCUT2D eigenvalue weighted by atomic mass is 10.1. The first-order valence-corrected chi connectivity index (χ1v) is 6.66. The second-order valence-corrected chi connectivity index (χ2v) is 4.84. The van der Waals surface area contributed by atoms with Crippen LogP contribution in [0.3, 0.4) is 0 Å². The number of hydrogen-bond donors (Lipinski definition) is 1. The molecule has 0 amide bonds. The van der Waals surface area contributed by atoms with Crippen molar-refractivity contribution in [3.05, 3.63) is 34.9 Å². The Morgan fingerprint density at radius 2 is 1.39 bits per heavy atom. The highest BCUT2D eigenvalue weighted by Gasteiger charge is 1.92. The second-order valence-electron chi connectivity index (χ2n) is 4.84. The van der Waals surface area contributed by atoms with Crippen LogP contribution in [0.2, 0.25) is 0 Å². The van der Waals surface area contributed by atoms with Crippen LogP contribution in [-0.2, 0) is 4.74 Å². The third-order valence-corrected chi connectivity index (χ3v) is 2.87. The normalized spacial score (nSPS) is 14.2. The zero-order valence-corrected chi connectivity index (χ0v) is 12.3. The van der Waals surface area contributed by atoms with Gasteiger partial charge in [-0.25, -0.2) is 0 Å². The molecule has 104 valence electrons. The van der Waals surface area contributed by atoms with Gasteiger partial charge in [0, 0.05) is 7.11 Å². The lowest BCUT2D eigenvalue weighted by molar-refractivity contribution is 0.225. The molecule has 1 N–H and O–H groups in total. The van der Waals surface area contributed by atoms with E-state index in [2.05, 4.69) is 32.9 Å². The van der Waals surface area contributed by atoms with Crippen LogP contribution < -0.4 is 0 Å². The average Bonchev–Trinajstić information content (AvgIpc) is 2.29. The van der Waals surface area contributed by atoms with E-state index >= 15 is 0 Å². The number of aliphatic hydroxyl groups excluding tert-OH is 1. The molecule has 0 fully saturated rings. The highest BCUT2D eigenvalue weighted by molar-refractivity contribution is 5.06. The molecule has 0 radical (unpaired) electrons. The molecule has 0 atom stereocenters. The monoisotopic (exact) mass is 252 g/mol. The Hall–Kier alpha value is -0.860. The fourth-order valence-corrected chi connectivity index (χ4v) is 1.74. The summed E-state index contributed by atoms with van der Waals surface area (Å²) in [6.07, 6.45) is 10.7. The Morgan fingerprint density at radius 3 is 1.89 bits per heavy atom. The van der Waals surface area contributed by atoms with Crippen LogP contribution in [0.25, 0.3) is 0 Å². The SMILES string of the molecule is COC/C(C)=C/CC/C(C)=C/CC/C(C)=C/CO. The largest absolute Gasteiger partial charge is 0.392 e. The van der Waals surface area contributed by atoms with Gasteiger partial charge in [-0.2, -0.15) is 0 Å². The van der Waals surface area contributed by atoms with Gasteiger partial charge in [-0.1, -0.05) is 34.9 Å². The van der Waals surface area contributed by atoms with Crippen LogP contribution in [0.4, 0.5) is 0 Å². The molecule has 0 rings (SSSR count). The smallest absolute Gasteiger partial charge is 0.0670 e. The fraction of sp³-hybridized carbons (Fsp3) is 0.625. The van der Waals surface area contributed by atoms with Gasteiger partial charge in [0.05, 0.1) is 13.2 Å². The Kier molecular flexibility index (Phi) is 10.7. The van der Waals surface area contributed by atoms with Gasteiger partial charge in [0.15, 0.2) is 0 Å². The molecule has 0 aromatic heterocycles. The number of aliphatic hydroxyl groups is 1. The summed E-state index contributed by atoms with van der Waals surface area (Å²) in [5.41, 5.74) is 4.00. The van der Waals surface area contributed by atoms with Gasteiger partial charge >= 0.3 is 0 Å². The molecule has 0 aliphatic heterocycles. The molecule has 0 spiro atoms. The molecule has 0 saturated carbocycles. The van der Waals surface area contributed by atoms with Gasteiger partial charge in [0.2, 0.25) is 0 Å². The predicted molar refractivity (Wildman–Crippen MR) is 78.7 cm³/mol. The van der Waals surface area contributed by atoms with E-state index in [0.29, 0.717) is 0 Å². The Bertz CT molecular complexity index is 298. The molecular formula is C16H28O2. The highest BCUT2D eigenvalue weighted by atomic mass is 16.5. The van der Waals surface area contributed by atoms with E-state index in [9.17, 15) is 0 Å². The Balaban J connectivity index is 3.85. The van der Waals surface area contributed by atoms with E-state index in [1.807, 2.05) is 6.08 Å². The van der Waals surface area contributed by atoms with Gasteiger partial charge in [0.1, 0.15) is 0 Å². The summed E-state index contributed by atoms with van der Waals surface area (Å²) < 4.78 is 5.07. The summed E-state index contributed by atoms with van der Waals surface area (Å²) in [5.74, 6) is 0. The quantitative estimate of drug-likeness (QED) is 0.628. The first-order chi connectivity index (χ1) is 8.60. The maximum Gasteiger partial charge on any atom is 0.0670 e. The van der Waals surface area contributed by atoms with Gasteiger partial charge in [0.25, 0.3) is 0 Å². The summed E-state index contributed by atoms with van der Waals surface area (Å²) >= 11 is 0. The summed E-state index contributed by atoms with van der Waals surface area (Å²) in [5, 5.41) is 8.75. The summed E-state index contributed by atoms with van der Waals surface area (Å²) in [6.45, 7) is 7.23. The summed E-state index contributed by atoms with van der Waals surface area (Å²) in [4.78, 5) is 0. The first-order valence-electron chi connectivity index (χ1n) is 6.66. The number of methoxy groups -OCH3 is 1. The molecule has 0 aliphatic rings. The molecule has 0 aromatic carbocycles. The Labute approximate surface area is 112 Å². The van der Waals surface area contributed by atoms with Crippen LogP contribution >= 0.6 is 0 Å². The first kappa shape index (κ1) is 17.1. The van der Waals surface area contributed by atoms with E-state index in [0.717, 1.165) is 32.3 Å². The minimum Gasteiger partial charge on any atom is -0.392 e. The number of rotatable bonds is 9. The van der Waals surface area contributed by atoms with Gasteiger partial charge in [-0.15, -0.1) is 0 Å². The number of allylic oxidation sites excluding steroid dienone is 4. The number of hydrogen-bond acceptors (Lipinski definition) is 2. The van der Waals surface area contributed by atoms with Gasteiger partial charge < -0.3 is 9.84 Å². The zero-order chi connectivity index (χ0) is 13.8. The van der Waals surface area contributed by atoms with Crippen LogP contribution in [-0.4, -0.2) is 25.4 Å². The third-order valence-electron chi connectivity index (χ3n) is 2.87. The van der Waals surface area contributed by atoms with Gasteiger partial charge in [-0.05, 0) is 46.5 Å². The number of ether oxygens (including phenoxy) is 1. The summed E-state index contributed by atoms with van der Waals surface area (Å²) in [7, 11) is 1.73. The van der Waals surface area contributed by atoms with Crippen LogP contribution in [0, 0.1) is 0 Å². The topological polar surface area (TPSA) is 29.5 Å². The average molecular weight is 252 g/mol. The van der Waals surface area contributed by atoms with Crippen molar-refractivity contribution in [3.63, 3.8) is 0 Å². The van der Waals surface area contributed by atoms with Crippen molar-refractivity contribution >= 4 is 0 Å². The maximum atomic E-state index is 8.75. The Morgan fingerprint density at radius 1 is 0.889 bits per heavy atom. The van der Waals surface area contributed by atoms with Crippen LogP contribution in [0.15, 0.2) is 34.9 Å². The lowest BCUT2D eigenvalue weighted by Gasteiger charge is -2.02. The molecule has 0 saturated heterocycles. The minimum absolute atomic E-state index is 0.151. The molecule has 0 aromatic rings. The van der Waals surface area contributed by atoms with E-state index in [1.54, 1.807) is 7.11 Å². The zero-order valence-electron chi connectivity index (χ0n) is 12.3. The van der Waals surface area contributed by atoms with Crippen molar-refractivity contribution in [2.24, 2.45) is 0 Å². The van der Waals surface area contributed by atoms with E-state index in [4.69, 9.17) is 9.84 Å². The molecule has 18 heavy (non-hydrogen) atoms. The predicted octanol–water partition coefficient (Wildman–Crippen LogP) is 4.02. The third kappa shape index (κ3) is 10.3. The van der Waals surface area contributed by atoms with E-state index < -0.39 is 0 Å². The minimum atomic E-state index is 0.151. The van der Waals surface area contributed by atoms with Crippen molar-refractivity contribution in [1.29, 1.82) is 0 Å². The lowest BCUT2D eigenvalue weighted by Crippen LogP contribution is -1.89. The summed E-state index contributed by atoms with van der Waals surface area (Å²) in [6, 6.07) is 0. The van der Waals surface area contributed by atoms with E-state index in [1.165, 1.54) is 16.7 Å². The molecule has 2 nitrogen and oxygen atoms in total. The van der Waals surface area contributed by atoms with Gasteiger partial charge in [-0.3, -0.25) is 0 Å². The van der Waals surface area contributed by atoms with Crippen molar-refractivity contribution in [2.45, 2.75) is 46.5 Å². The molecule has 0 bridgehead atoms. The maximum absolute atomic E-state index is 8.75. The van der Waals surface area contributed by atoms with Crippen molar-refractivity contribution in [3.8, 4) is 0 Å². The van der Waals surface area contributed by atoms with Crippen molar-refractivity contribution < 1.29 is 9.84 Å². The molecule has 0 aliphatic carbocycles. The fourth-order valence-electron chi connectivity index (χ4n) is 1.74. The molecule has 2 heteroatoms. The molecule has 0 heterocycles. The van der Waals surface area contributed by atoms with Crippen LogP contribution in [0.1, 0.15) is 46.5 Å². The second kappa shape index (κ2) is 11.2. The van der Waals surface area contributed by atoms with Crippen molar-refractivity contribution in [1.82, 2.24) is 0 Å².